The van der Waals surface area contributed by atoms with E-state index in [0.29, 0.717) is 38.3 Å². The third kappa shape index (κ3) is 4.99. The molecule has 1 amide bonds. The third-order valence-electron chi connectivity index (χ3n) is 10.8. The number of hydrogen-bond acceptors (Lipinski definition) is 9. The van der Waals surface area contributed by atoms with Crippen LogP contribution in [0.25, 0.3) is 32.1 Å². The van der Waals surface area contributed by atoms with Gasteiger partial charge < -0.3 is 20.3 Å². The van der Waals surface area contributed by atoms with Crippen LogP contribution in [0.2, 0.25) is 5.02 Å². The Morgan fingerprint density at radius 2 is 1.98 bits per heavy atom. The minimum atomic E-state index is -2.96. The first-order valence-electron chi connectivity index (χ1n) is 16.3. The van der Waals surface area contributed by atoms with E-state index in [4.69, 9.17) is 27.1 Å². The minimum absolute atomic E-state index is 0.0173. The van der Waals surface area contributed by atoms with Crippen molar-refractivity contribution in [2.45, 2.75) is 62.6 Å². The number of thiophene rings is 1. The summed E-state index contributed by atoms with van der Waals surface area (Å²) in [5.74, 6) is -5.84. The molecule has 2 N–H and O–H groups in total. The van der Waals surface area contributed by atoms with E-state index in [0.717, 1.165) is 30.7 Å². The maximum Gasteiger partial charge on any atom is 0.319 e. The van der Waals surface area contributed by atoms with E-state index in [1.807, 2.05) is 24.9 Å². The van der Waals surface area contributed by atoms with Crippen LogP contribution in [0.15, 0.2) is 18.2 Å². The molecule has 8 rings (SSSR count). The Morgan fingerprint density at radius 3 is 2.63 bits per heavy atom. The largest absolute Gasteiger partial charge is 0.459 e. The van der Waals surface area contributed by atoms with Crippen molar-refractivity contribution in [1.29, 1.82) is 5.26 Å². The number of nitriles is 1. The van der Waals surface area contributed by atoms with Gasteiger partial charge in [0.2, 0.25) is 5.91 Å². The summed E-state index contributed by atoms with van der Waals surface area (Å²) in [6, 6.07) is 6.15. The van der Waals surface area contributed by atoms with E-state index in [9.17, 15) is 23.2 Å². The smallest absolute Gasteiger partial charge is 0.319 e. The van der Waals surface area contributed by atoms with Gasteiger partial charge in [-0.05, 0) is 63.9 Å². The average Bonchev–Trinajstić information content (AvgIpc) is 3.44. The summed E-state index contributed by atoms with van der Waals surface area (Å²) >= 11 is 7.74. The molecule has 4 atom stereocenters. The van der Waals surface area contributed by atoms with Gasteiger partial charge in [0.1, 0.15) is 40.2 Å². The third-order valence-corrected chi connectivity index (χ3v) is 12.2. The predicted octanol–water partition coefficient (Wildman–Crippen LogP) is 6.59. The Labute approximate surface area is 288 Å². The Morgan fingerprint density at radius 1 is 1.22 bits per heavy atom. The monoisotopic (exact) mass is 713 g/mol. The van der Waals surface area contributed by atoms with Gasteiger partial charge in [-0.15, -0.1) is 11.3 Å². The summed E-state index contributed by atoms with van der Waals surface area (Å²) < 4.78 is 66.0. The van der Waals surface area contributed by atoms with Crippen molar-refractivity contribution >= 4 is 60.7 Å². The highest BCUT2D eigenvalue weighted by molar-refractivity contribution is 7.23. The maximum atomic E-state index is 17.0. The zero-order chi connectivity index (χ0) is 34.6. The number of halogens is 5. The molecule has 0 radical (unpaired) electrons. The molecule has 256 valence electrons. The number of benzene rings is 2. The number of anilines is 2. The van der Waals surface area contributed by atoms with Gasteiger partial charge >= 0.3 is 6.01 Å². The van der Waals surface area contributed by atoms with Gasteiger partial charge in [-0.25, -0.2) is 17.6 Å². The molecule has 2 unspecified atom stereocenters. The van der Waals surface area contributed by atoms with E-state index in [1.54, 1.807) is 11.0 Å². The Balaban J connectivity index is 1.24. The number of nitrogens with zero attached hydrogens (tertiary/aromatic N) is 6. The summed E-state index contributed by atoms with van der Waals surface area (Å²) in [4.78, 5) is 28.0. The van der Waals surface area contributed by atoms with Crippen molar-refractivity contribution in [3.05, 3.63) is 40.4 Å². The predicted molar refractivity (Wildman–Crippen MR) is 179 cm³/mol. The summed E-state index contributed by atoms with van der Waals surface area (Å²) in [5.41, 5.74) is 5.47. The molecule has 49 heavy (non-hydrogen) atoms. The van der Waals surface area contributed by atoms with E-state index in [2.05, 4.69) is 9.88 Å². The van der Waals surface area contributed by atoms with Gasteiger partial charge in [-0.3, -0.25) is 9.69 Å². The molecule has 3 aliphatic heterocycles. The quantitative estimate of drug-likeness (QED) is 0.223. The molecular formula is C34H32ClF4N7O2S. The number of alkyl halides is 2. The molecule has 1 spiro atoms. The van der Waals surface area contributed by atoms with E-state index < -0.39 is 41.3 Å². The van der Waals surface area contributed by atoms with Crippen LogP contribution in [0, 0.1) is 28.9 Å². The number of nitrogens with two attached hydrogens (primary N) is 1. The van der Waals surface area contributed by atoms with E-state index in [-0.39, 0.29) is 65.9 Å². The van der Waals surface area contributed by atoms with Crippen LogP contribution >= 0.6 is 22.9 Å². The molecule has 4 aliphatic rings. The molecule has 2 aromatic carbocycles. The van der Waals surface area contributed by atoms with Crippen molar-refractivity contribution in [1.82, 2.24) is 19.8 Å². The first-order chi connectivity index (χ1) is 23.3. The zero-order valence-electron chi connectivity index (χ0n) is 26.7. The molecule has 0 bridgehead atoms. The molecule has 2 aromatic heterocycles. The van der Waals surface area contributed by atoms with Crippen molar-refractivity contribution in [3.63, 3.8) is 0 Å². The van der Waals surface area contributed by atoms with Crippen LogP contribution in [0.3, 0.4) is 0 Å². The molecule has 1 saturated carbocycles. The Bertz CT molecular complexity index is 2110. The second-order valence-electron chi connectivity index (χ2n) is 13.7. The SMILES string of the molecule is C[C@H](Oc1nc(N2CC[C@@]3(CCN3C(=O)C3CC3(F)F)C2)c2cc(Cl)c(-c3ccc(F)c4sc(N)c(C#N)c34)c(F)c2n1)C1CCCN1C. The molecule has 5 heterocycles. The van der Waals surface area contributed by atoms with Crippen molar-refractivity contribution in [2.75, 3.05) is 43.9 Å². The number of likely N-dealkylation sites (N-methyl/N-ethyl adjacent to an activating group) is 1. The fraction of sp³-hybridized carbons (Fsp3) is 0.471. The lowest BCUT2D eigenvalue weighted by atomic mass is 9.83. The van der Waals surface area contributed by atoms with Crippen LogP contribution in [0.4, 0.5) is 28.4 Å². The van der Waals surface area contributed by atoms with E-state index >= 15 is 4.39 Å². The number of hydrogen-bond donors (Lipinski definition) is 1. The lowest BCUT2D eigenvalue weighted by Gasteiger charge is -2.50. The first kappa shape index (κ1) is 32.3. The van der Waals surface area contributed by atoms with Gasteiger partial charge in [-0.1, -0.05) is 17.7 Å². The van der Waals surface area contributed by atoms with Crippen LogP contribution < -0.4 is 15.4 Å². The minimum Gasteiger partial charge on any atom is -0.459 e. The first-order valence-corrected chi connectivity index (χ1v) is 17.4. The molecule has 3 saturated heterocycles. The fourth-order valence-corrected chi connectivity index (χ4v) is 9.24. The number of amides is 1. The van der Waals surface area contributed by atoms with Gasteiger partial charge in [0.25, 0.3) is 5.92 Å². The lowest BCUT2D eigenvalue weighted by molar-refractivity contribution is -0.149. The number of likely N-dealkylation sites (tertiary alicyclic amines) is 2. The van der Waals surface area contributed by atoms with E-state index in [1.165, 1.54) is 12.1 Å². The molecule has 9 nitrogen and oxygen atoms in total. The summed E-state index contributed by atoms with van der Waals surface area (Å²) in [5, 5.41) is 10.4. The number of ether oxygens (including phenoxy) is 1. The van der Waals surface area contributed by atoms with Gasteiger partial charge in [0.05, 0.1) is 20.8 Å². The molecular weight excluding hydrogens is 682 g/mol. The standard InChI is InChI=1S/C34H32ClF4N7O2S/c1-16(23-4-3-9-44(23)2)48-32-42-27-18(30(43-32)45-10-7-33(15-45)8-11-46(33)31(47)20-13-34(20,38)39)12-21(35)25(26(27)37)17-5-6-22(36)28-24(17)19(14-40)29(41)49-28/h5-6,12,16,20,23H,3-4,7-11,13,15,41H2,1-2H3/t16-,20?,23?,33+/m0/s1. The summed E-state index contributed by atoms with van der Waals surface area (Å²) in [6.45, 7) is 3.97. The normalized spacial score (nSPS) is 25.3. The second kappa shape index (κ2) is 11.3. The number of rotatable bonds is 6. The van der Waals surface area contributed by atoms with Crippen LogP contribution in [0.5, 0.6) is 6.01 Å². The Kier molecular flexibility index (Phi) is 7.44. The topological polar surface area (TPSA) is 112 Å². The lowest BCUT2D eigenvalue weighted by Crippen LogP contribution is -2.64. The number of aromatic nitrogens is 2. The van der Waals surface area contributed by atoms with Crippen molar-refractivity contribution < 1.29 is 27.1 Å². The fourth-order valence-electron chi connectivity index (χ4n) is 8.00. The maximum absolute atomic E-state index is 17.0. The van der Waals surface area contributed by atoms with Crippen LogP contribution in [0.1, 0.15) is 44.6 Å². The molecule has 1 aliphatic carbocycles. The number of carbonyl (C=O) groups is 1. The summed E-state index contributed by atoms with van der Waals surface area (Å²) in [7, 11) is 2.02. The molecule has 4 fully saturated rings. The number of fused-ring (bicyclic) bond motifs is 2. The van der Waals surface area contributed by atoms with Gasteiger partial charge in [0, 0.05) is 48.4 Å². The highest BCUT2D eigenvalue weighted by atomic mass is 35.5. The average molecular weight is 714 g/mol. The highest BCUT2D eigenvalue weighted by Gasteiger charge is 2.65. The van der Waals surface area contributed by atoms with Crippen molar-refractivity contribution in [3.8, 4) is 23.2 Å². The van der Waals surface area contributed by atoms with Gasteiger partial charge in [0.15, 0.2) is 5.82 Å². The number of carbonyl (C=O) groups excluding carboxylic acids is 1. The van der Waals surface area contributed by atoms with Gasteiger partial charge in [-0.2, -0.15) is 15.2 Å². The van der Waals surface area contributed by atoms with Crippen molar-refractivity contribution in [2.24, 2.45) is 5.92 Å². The van der Waals surface area contributed by atoms with Crippen LogP contribution in [-0.2, 0) is 4.79 Å². The zero-order valence-corrected chi connectivity index (χ0v) is 28.3. The Hall–Kier alpha value is -3.93. The second-order valence-corrected chi connectivity index (χ2v) is 15.2. The summed E-state index contributed by atoms with van der Waals surface area (Å²) in [6.07, 6.45) is 2.34. The molecule has 4 aromatic rings. The highest BCUT2D eigenvalue weighted by Crippen LogP contribution is 2.53. The van der Waals surface area contributed by atoms with Crippen LogP contribution in [-0.4, -0.2) is 82.5 Å². The number of nitrogen functional groups attached to an aromatic ring is 1. The molecule has 15 heteroatoms.